The molecular formula is C18H21BrO. The first-order valence-corrected chi connectivity index (χ1v) is 7.93. The van der Waals surface area contributed by atoms with Crippen molar-refractivity contribution in [2.45, 2.75) is 33.8 Å². The molecule has 0 radical (unpaired) electrons. The van der Waals surface area contributed by atoms with Gasteiger partial charge in [0.2, 0.25) is 0 Å². The summed E-state index contributed by atoms with van der Waals surface area (Å²) in [6.07, 6.45) is -0.405. The number of hydrogen-bond donors (Lipinski definition) is 1. The van der Waals surface area contributed by atoms with Gasteiger partial charge in [-0.05, 0) is 33.2 Å². The summed E-state index contributed by atoms with van der Waals surface area (Å²) in [5.74, 6) is 0.305. The van der Waals surface area contributed by atoms with Gasteiger partial charge in [0.15, 0.2) is 0 Å². The lowest BCUT2D eigenvalue weighted by Gasteiger charge is -2.16. The number of aliphatic hydroxyl groups is 1. The fourth-order valence-corrected chi connectivity index (χ4v) is 4.24. The van der Waals surface area contributed by atoms with Gasteiger partial charge in [0.25, 0.3) is 0 Å². The van der Waals surface area contributed by atoms with E-state index < -0.39 is 6.10 Å². The standard InChI is InChI=1S/C18H21BrO/c1-17(2)16(18(17,3)4)15(20)13-9-10-14(19)12-8-6-5-7-11(12)13/h5-10,15-16,20H,1-4H3. The number of fused-ring (bicyclic) bond motifs is 1. The van der Waals surface area contributed by atoms with Crippen molar-refractivity contribution in [1.82, 2.24) is 0 Å². The maximum Gasteiger partial charge on any atom is 0.0834 e. The largest absolute Gasteiger partial charge is 0.388 e. The molecule has 3 rings (SSSR count). The zero-order valence-electron chi connectivity index (χ0n) is 12.4. The molecule has 1 saturated carbocycles. The minimum atomic E-state index is -0.405. The maximum absolute atomic E-state index is 10.9. The molecule has 0 saturated heterocycles. The second kappa shape index (κ2) is 4.32. The summed E-state index contributed by atoms with van der Waals surface area (Å²) >= 11 is 3.60. The van der Waals surface area contributed by atoms with Crippen LogP contribution in [0.1, 0.15) is 39.4 Å². The molecule has 0 bridgehead atoms. The molecule has 1 aliphatic rings. The molecule has 1 fully saturated rings. The molecular weight excluding hydrogens is 312 g/mol. The summed E-state index contributed by atoms with van der Waals surface area (Å²) in [6, 6.07) is 12.4. The van der Waals surface area contributed by atoms with Gasteiger partial charge >= 0.3 is 0 Å². The normalized spacial score (nSPS) is 21.9. The van der Waals surface area contributed by atoms with E-state index in [1.807, 2.05) is 18.2 Å². The van der Waals surface area contributed by atoms with Crippen molar-refractivity contribution < 1.29 is 5.11 Å². The summed E-state index contributed by atoms with van der Waals surface area (Å²) in [5.41, 5.74) is 1.41. The Morgan fingerprint density at radius 2 is 1.50 bits per heavy atom. The Morgan fingerprint density at radius 3 is 2.05 bits per heavy atom. The van der Waals surface area contributed by atoms with Gasteiger partial charge in [0, 0.05) is 10.4 Å². The summed E-state index contributed by atoms with van der Waals surface area (Å²) in [6.45, 7) is 9.01. The van der Waals surface area contributed by atoms with Gasteiger partial charge in [-0.2, -0.15) is 0 Å². The summed E-state index contributed by atoms with van der Waals surface area (Å²) < 4.78 is 1.08. The third kappa shape index (κ3) is 1.78. The fraction of sp³-hybridized carbons (Fsp3) is 0.444. The molecule has 20 heavy (non-hydrogen) atoms. The Morgan fingerprint density at radius 1 is 0.950 bits per heavy atom. The van der Waals surface area contributed by atoms with Crippen LogP contribution in [0.25, 0.3) is 10.8 Å². The van der Waals surface area contributed by atoms with Crippen LogP contribution in [0.4, 0.5) is 0 Å². The quantitative estimate of drug-likeness (QED) is 0.789. The second-order valence-electron chi connectivity index (χ2n) is 7.05. The molecule has 0 spiro atoms. The zero-order chi connectivity index (χ0) is 14.7. The van der Waals surface area contributed by atoms with Crippen LogP contribution in [-0.2, 0) is 0 Å². The number of halogens is 1. The lowest BCUT2D eigenvalue weighted by molar-refractivity contribution is 0.132. The number of benzene rings is 2. The van der Waals surface area contributed by atoms with Crippen molar-refractivity contribution in [3.8, 4) is 0 Å². The Hall–Kier alpha value is -0.860. The average molecular weight is 333 g/mol. The highest BCUT2D eigenvalue weighted by molar-refractivity contribution is 9.10. The van der Waals surface area contributed by atoms with Crippen molar-refractivity contribution in [3.63, 3.8) is 0 Å². The first-order chi connectivity index (χ1) is 9.28. The highest BCUT2D eigenvalue weighted by atomic mass is 79.9. The van der Waals surface area contributed by atoms with Crippen molar-refractivity contribution in [3.05, 3.63) is 46.4 Å². The van der Waals surface area contributed by atoms with Gasteiger partial charge < -0.3 is 5.11 Å². The molecule has 1 aliphatic carbocycles. The Bertz CT molecular complexity index is 658. The Labute approximate surface area is 129 Å². The van der Waals surface area contributed by atoms with E-state index in [0.717, 1.165) is 15.4 Å². The SMILES string of the molecule is CC1(C)C(C(O)c2ccc(Br)c3ccccc23)C1(C)C. The molecule has 2 aromatic rings. The van der Waals surface area contributed by atoms with E-state index >= 15 is 0 Å². The molecule has 1 unspecified atom stereocenters. The second-order valence-corrected chi connectivity index (χ2v) is 7.90. The number of aliphatic hydroxyl groups excluding tert-OH is 1. The topological polar surface area (TPSA) is 20.2 Å². The van der Waals surface area contributed by atoms with Crippen LogP contribution in [0, 0.1) is 16.7 Å². The van der Waals surface area contributed by atoms with E-state index in [1.165, 1.54) is 5.39 Å². The molecule has 2 aromatic carbocycles. The zero-order valence-corrected chi connectivity index (χ0v) is 14.0. The van der Waals surface area contributed by atoms with Crippen molar-refractivity contribution in [2.75, 3.05) is 0 Å². The number of hydrogen-bond acceptors (Lipinski definition) is 1. The predicted molar refractivity (Wildman–Crippen MR) is 87.7 cm³/mol. The van der Waals surface area contributed by atoms with E-state index in [4.69, 9.17) is 0 Å². The monoisotopic (exact) mass is 332 g/mol. The summed E-state index contributed by atoms with van der Waals surface area (Å²) in [5, 5.41) is 13.2. The van der Waals surface area contributed by atoms with Crippen LogP contribution in [0.3, 0.4) is 0 Å². The van der Waals surface area contributed by atoms with Crippen LogP contribution < -0.4 is 0 Å². The lowest BCUT2D eigenvalue weighted by Crippen LogP contribution is -2.06. The smallest absolute Gasteiger partial charge is 0.0834 e. The van der Waals surface area contributed by atoms with E-state index in [9.17, 15) is 5.11 Å². The molecule has 1 N–H and O–H groups in total. The highest BCUT2D eigenvalue weighted by Gasteiger charge is 2.67. The van der Waals surface area contributed by atoms with Gasteiger partial charge in [-0.1, -0.05) is 74.0 Å². The Kier molecular flexibility index (Phi) is 3.04. The molecule has 0 amide bonds. The third-order valence-corrected chi connectivity index (χ3v) is 6.36. The third-order valence-electron chi connectivity index (χ3n) is 5.67. The minimum absolute atomic E-state index is 0.181. The minimum Gasteiger partial charge on any atom is -0.388 e. The van der Waals surface area contributed by atoms with Crippen molar-refractivity contribution in [1.29, 1.82) is 0 Å². The van der Waals surface area contributed by atoms with E-state index in [-0.39, 0.29) is 10.8 Å². The van der Waals surface area contributed by atoms with Gasteiger partial charge in [-0.3, -0.25) is 0 Å². The molecule has 1 nitrogen and oxygen atoms in total. The molecule has 0 aromatic heterocycles. The van der Waals surface area contributed by atoms with Gasteiger partial charge in [0.1, 0.15) is 0 Å². The molecule has 106 valence electrons. The van der Waals surface area contributed by atoms with Gasteiger partial charge in [-0.15, -0.1) is 0 Å². The highest BCUT2D eigenvalue weighted by Crippen LogP contribution is 2.72. The molecule has 0 aliphatic heterocycles. The summed E-state index contributed by atoms with van der Waals surface area (Å²) in [7, 11) is 0. The van der Waals surface area contributed by atoms with Crippen LogP contribution in [0.2, 0.25) is 0 Å². The first kappa shape index (κ1) is 14.1. The van der Waals surface area contributed by atoms with Gasteiger partial charge in [-0.25, -0.2) is 0 Å². The molecule has 0 heterocycles. The van der Waals surface area contributed by atoms with E-state index in [2.05, 4.69) is 61.8 Å². The summed E-state index contributed by atoms with van der Waals surface area (Å²) in [4.78, 5) is 0. The van der Waals surface area contributed by atoms with Crippen LogP contribution in [0.15, 0.2) is 40.9 Å². The lowest BCUT2D eigenvalue weighted by atomic mass is 9.94. The van der Waals surface area contributed by atoms with Crippen LogP contribution >= 0.6 is 15.9 Å². The number of rotatable bonds is 2. The van der Waals surface area contributed by atoms with E-state index in [0.29, 0.717) is 5.92 Å². The van der Waals surface area contributed by atoms with Crippen LogP contribution in [0.5, 0.6) is 0 Å². The average Bonchev–Trinajstić information content (AvgIpc) is 2.80. The van der Waals surface area contributed by atoms with Crippen LogP contribution in [-0.4, -0.2) is 5.11 Å². The molecule has 2 heteroatoms. The first-order valence-electron chi connectivity index (χ1n) is 7.13. The van der Waals surface area contributed by atoms with Crippen molar-refractivity contribution in [2.24, 2.45) is 16.7 Å². The fourth-order valence-electron chi connectivity index (χ4n) is 3.76. The van der Waals surface area contributed by atoms with Gasteiger partial charge in [0.05, 0.1) is 6.10 Å². The van der Waals surface area contributed by atoms with Crippen molar-refractivity contribution >= 4 is 26.7 Å². The van der Waals surface area contributed by atoms with E-state index in [1.54, 1.807) is 0 Å². The Balaban J connectivity index is 2.11. The maximum atomic E-state index is 10.9. The predicted octanol–water partition coefficient (Wildman–Crippen LogP) is 5.32. The molecule has 1 atom stereocenters.